The number of halogens is 1. The molecule has 1 aromatic heterocycles. The number of nitrogens with zero attached hydrogens (tertiary/aromatic N) is 1. The number of esters is 3. The first-order chi connectivity index (χ1) is 21.0. The van der Waals surface area contributed by atoms with Crippen molar-refractivity contribution in [3.05, 3.63) is 137 Å². The Bertz CT molecular complexity index is 1750. The summed E-state index contributed by atoms with van der Waals surface area (Å²) in [6, 6.07) is 29.3. The van der Waals surface area contributed by atoms with Gasteiger partial charge in [0, 0.05) is 6.07 Å². The molecule has 0 bridgehead atoms. The Morgan fingerprint density at radius 3 is 1.84 bits per heavy atom. The second-order valence-corrected chi connectivity index (χ2v) is 10.8. The lowest BCUT2D eigenvalue weighted by Crippen LogP contribution is -2.40. The molecule has 4 atom stereocenters. The van der Waals surface area contributed by atoms with Crippen LogP contribution in [-0.4, -0.2) is 47.8 Å². The van der Waals surface area contributed by atoms with Gasteiger partial charge in [0.15, 0.2) is 18.3 Å². The predicted octanol–water partition coefficient (Wildman–Crippen LogP) is 6.18. The average Bonchev–Trinajstić information content (AvgIpc) is 3.61. The molecule has 0 amide bonds. The average molecular weight is 598 g/mol. The molecule has 1 fully saturated rings. The van der Waals surface area contributed by atoms with Gasteiger partial charge in [-0.2, -0.15) is 0 Å². The molecule has 1 aliphatic rings. The molecule has 4 aromatic carbocycles. The van der Waals surface area contributed by atoms with Crippen LogP contribution in [0.3, 0.4) is 0 Å². The minimum atomic E-state index is -1.18. The lowest BCUT2D eigenvalue weighted by atomic mass is 10.1. The highest BCUT2D eigenvalue weighted by Gasteiger charge is 2.52. The Morgan fingerprint density at radius 1 is 0.721 bits per heavy atom. The maximum atomic E-state index is 14.0. The molecule has 8 nitrogen and oxygen atoms in total. The summed E-state index contributed by atoms with van der Waals surface area (Å²) in [4.78, 5) is 43.9. The van der Waals surface area contributed by atoms with E-state index in [1.807, 2.05) is 0 Å². The van der Waals surface area contributed by atoms with Crippen LogP contribution in [0.5, 0.6) is 0 Å². The molecule has 43 heavy (non-hydrogen) atoms. The fourth-order valence-corrected chi connectivity index (χ4v) is 5.74. The van der Waals surface area contributed by atoms with E-state index in [2.05, 4.69) is 4.98 Å². The molecule has 0 radical (unpaired) electrons. The smallest absolute Gasteiger partial charge is 0.338 e. The fraction of sp³-hybridized carbons (Fsp3) is 0.152. The topological polar surface area (TPSA) is 101 Å². The number of thiazole rings is 1. The minimum Gasteiger partial charge on any atom is -0.459 e. The number of benzene rings is 4. The summed E-state index contributed by atoms with van der Waals surface area (Å²) in [6.45, 7) is -0.310. The lowest BCUT2D eigenvalue weighted by molar-refractivity contribution is -0.0450. The van der Waals surface area contributed by atoms with Crippen molar-refractivity contribution in [2.75, 3.05) is 6.61 Å². The summed E-state index contributed by atoms with van der Waals surface area (Å²) >= 11 is 1.23. The first-order valence-corrected chi connectivity index (χ1v) is 14.2. The van der Waals surface area contributed by atoms with Crippen LogP contribution in [0.15, 0.2) is 109 Å². The largest absolute Gasteiger partial charge is 0.459 e. The molecule has 5 aromatic rings. The van der Waals surface area contributed by atoms with Crippen LogP contribution in [0.2, 0.25) is 0 Å². The predicted molar refractivity (Wildman–Crippen MR) is 155 cm³/mol. The van der Waals surface area contributed by atoms with Crippen molar-refractivity contribution in [3.63, 3.8) is 0 Å². The standard InChI is InChI=1S/C33H24FNO7S/c34-23-16-17-26-24(18-23)35-30(43-26)29-28(42-33(38)22-14-8-3-9-15-22)27(41-32(37)21-12-6-2-7-13-21)25(40-29)19-39-31(36)20-10-4-1-5-11-20/h1-18,25,27-29H,19H2/t25-,27+,28-,29-/m1/s1. The van der Waals surface area contributed by atoms with Crippen LogP contribution in [0.1, 0.15) is 42.2 Å². The van der Waals surface area contributed by atoms with E-state index in [9.17, 15) is 18.8 Å². The Balaban J connectivity index is 1.35. The van der Waals surface area contributed by atoms with E-state index in [1.54, 1.807) is 97.1 Å². The molecule has 216 valence electrons. The molecule has 0 unspecified atom stereocenters. The quantitative estimate of drug-likeness (QED) is 0.154. The number of carbonyl (C=O) groups is 3. The van der Waals surface area contributed by atoms with Gasteiger partial charge in [-0.3, -0.25) is 0 Å². The highest BCUT2D eigenvalue weighted by Crippen LogP contribution is 2.41. The van der Waals surface area contributed by atoms with Crippen LogP contribution >= 0.6 is 11.3 Å². The highest BCUT2D eigenvalue weighted by molar-refractivity contribution is 7.18. The Hall–Kier alpha value is -4.93. The summed E-state index contributed by atoms with van der Waals surface area (Å²) in [6.07, 6.45) is -4.39. The third-order valence-electron chi connectivity index (χ3n) is 6.81. The number of fused-ring (bicyclic) bond motifs is 1. The fourth-order valence-electron chi connectivity index (χ4n) is 4.72. The molecule has 0 N–H and O–H groups in total. The van der Waals surface area contributed by atoms with Gasteiger partial charge in [0.1, 0.15) is 23.5 Å². The Kier molecular flexibility index (Phi) is 8.21. The van der Waals surface area contributed by atoms with Gasteiger partial charge in [-0.25, -0.2) is 23.8 Å². The van der Waals surface area contributed by atoms with Crippen molar-refractivity contribution < 1.29 is 37.7 Å². The number of hydrogen-bond acceptors (Lipinski definition) is 9. The third-order valence-corrected chi connectivity index (χ3v) is 7.91. The Labute approximate surface area is 249 Å². The second-order valence-electron chi connectivity index (χ2n) is 9.70. The molecular weight excluding hydrogens is 573 g/mol. The normalized spacial score (nSPS) is 19.6. The summed E-state index contributed by atoms with van der Waals surface area (Å²) in [5, 5.41) is 0.379. The van der Waals surface area contributed by atoms with Gasteiger partial charge < -0.3 is 18.9 Å². The summed E-state index contributed by atoms with van der Waals surface area (Å²) in [7, 11) is 0. The van der Waals surface area contributed by atoms with Crippen LogP contribution < -0.4 is 0 Å². The molecule has 0 aliphatic carbocycles. The van der Waals surface area contributed by atoms with Crippen molar-refractivity contribution in [1.29, 1.82) is 0 Å². The molecule has 1 aliphatic heterocycles. The van der Waals surface area contributed by atoms with E-state index in [0.29, 0.717) is 20.8 Å². The Morgan fingerprint density at radius 2 is 1.26 bits per heavy atom. The van der Waals surface area contributed by atoms with Crippen molar-refractivity contribution in [2.45, 2.75) is 24.4 Å². The first kappa shape index (κ1) is 28.2. The zero-order valence-electron chi connectivity index (χ0n) is 22.5. The van der Waals surface area contributed by atoms with Crippen LogP contribution in [0.4, 0.5) is 4.39 Å². The van der Waals surface area contributed by atoms with Crippen molar-refractivity contribution in [1.82, 2.24) is 4.98 Å². The van der Waals surface area contributed by atoms with E-state index in [4.69, 9.17) is 18.9 Å². The SMILES string of the molecule is O=C(OC[C@H]1O[C@@H](c2nc3cc(F)ccc3s2)[C@H](OC(=O)c2ccccc2)[C@H]1OC(=O)c1ccccc1)c1ccccc1. The number of rotatable bonds is 8. The maximum Gasteiger partial charge on any atom is 0.338 e. The van der Waals surface area contributed by atoms with Crippen molar-refractivity contribution >= 4 is 39.5 Å². The second kappa shape index (κ2) is 12.5. The molecule has 6 rings (SSSR count). The minimum absolute atomic E-state index is 0.273. The monoisotopic (exact) mass is 597 g/mol. The summed E-state index contributed by atoms with van der Waals surface area (Å²) in [5.74, 6) is -2.41. The number of hydrogen-bond donors (Lipinski definition) is 0. The zero-order chi connectivity index (χ0) is 29.8. The number of carbonyl (C=O) groups excluding carboxylic acids is 3. The van der Waals surface area contributed by atoms with Crippen molar-refractivity contribution in [3.8, 4) is 0 Å². The molecule has 1 saturated heterocycles. The summed E-state index contributed by atoms with van der Waals surface area (Å²) in [5.41, 5.74) is 1.28. The van der Waals surface area contributed by atoms with E-state index in [-0.39, 0.29) is 17.7 Å². The molecule has 0 spiro atoms. The van der Waals surface area contributed by atoms with Gasteiger partial charge in [0.2, 0.25) is 0 Å². The molecule has 10 heteroatoms. The number of aromatic nitrogens is 1. The van der Waals surface area contributed by atoms with Gasteiger partial charge in [0.05, 0.1) is 26.9 Å². The third kappa shape index (κ3) is 6.30. The van der Waals surface area contributed by atoms with Crippen LogP contribution in [0, 0.1) is 5.82 Å². The van der Waals surface area contributed by atoms with Gasteiger partial charge in [-0.15, -0.1) is 11.3 Å². The molecule has 0 saturated carbocycles. The van der Waals surface area contributed by atoms with Gasteiger partial charge in [-0.1, -0.05) is 54.6 Å². The van der Waals surface area contributed by atoms with E-state index >= 15 is 0 Å². The zero-order valence-corrected chi connectivity index (χ0v) is 23.3. The summed E-state index contributed by atoms with van der Waals surface area (Å²) < 4.78 is 38.4. The van der Waals surface area contributed by atoms with Gasteiger partial charge in [0.25, 0.3) is 0 Å². The maximum absolute atomic E-state index is 14.0. The van der Waals surface area contributed by atoms with Gasteiger partial charge in [-0.05, 0) is 48.5 Å². The van der Waals surface area contributed by atoms with E-state index in [1.165, 1.54) is 23.5 Å². The first-order valence-electron chi connectivity index (χ1n) is 13.4. The van der Waals surface area contributed by atoms with Crippen LogP contribution in [-0.2, 0) is 18.9 Å². The van der Waals surface area contributed by atoms with Crippen molar-refractivity contribution in [2.24, 2.45) is 0 Å². The lowest BCUT2D eigenvalue weighted by Gasteiger charge is -2.24. The van der Waals surface area contributed by atoms with E-state index < -0.39 is 48.1 Å². The van der Waals surface area contributed by atoms with E-state index in [0.717, 1.165) is 0 Å². The highest BCUT2D eigenvalue weighted by atomic mass is 32.1. The van der Waals surface area contributed by atoms with Gasteiger partial charge >= 0.3 is 17.9 Å². The number of ether oxygens (including phenoxy) is 4. The van der Waals surface area contributed by atoms with Crippen LogP contribution in [0.25, 0.3) is 10.2 Å². The molecular formula is C33H24FNO7S. The molecule has 2 heterocycles.